The van der Waals surface area contributed by atoms with Crippen LogP contribution in [0.25, 0.3) is 12.2 Å². The minimum Gasteiger partial charge on any atom is -0.508 e. The molecule has 3 aromatic carbocycles. The molecule has 0 aliphatic heterocycles. The number of allylic oxidation sites excluding steroid dienone is 2. The van der Waals surface area contributed by atoms with Crippen LogP contribution < -0.4 is 0 Å². The first-order valence-electron chi connectivity index (χ1n) is 12.0. The summed E-state index contributed by atoms with van der Waals surface area (Å²) in [5, 5.41) is 9.58. The number of rotatable bonds is 11. The van der Waals surface area contributed by atoms with E-state index < -0.39 is 0 Å². The smallest absolute Gasteiger partial charge is 0.118 e. The van der Waals surface area contributed by atoms with Crippen molar-refractivity contribution >= 4 is 12.2 Å². The highest BCUT2D eigenvalue weighted by Gasteiger charge is 1.98. The summed E-state index contributed by atoms with van der Waals surface area (Å²) in [6, 6.07) is 28.2. The lowest BCUT2D eigenvalue weighted by Gasteiger charge is -2.04. The maximum absolute atomic E-state index is 9.58. The van der Waals surface area contributed by atoms with E-state index in [1.54, 1.807) is 6.07 Å². The van der Waals surface area contributed by atoms with Gasteiger partial charge in [-0.05, 0) is 35.6 Å². The van der Waals surface area contributed by atoms with Crippen LogP contribution in [0.15, 0.2) is 97.1 Å². The lowest BCUT2D eigenvalue weighted by atomic mass is 10.0. The Hall–Kier alpha value is -3.06. The molecule has 0 saturated heterocycles. The van der Waals surface area contributed by atoms with E-state index in [1.807, 2.05) is 54.6 Å². The number of benzene rings is 3. The average molecular weight is 427 g/mol. The maximum Gasteiger partial charge on any atom is 0.118 e. The van der Waals surface area contributed by atoms with Crippen LogP contribution >= 0.6 is 0 Å². The highest BCUT2D eigenvalue weighted by Crippen LogP contribution is 2.18. The number of para-hydroxylation sites is 1. The van der Waals surface area contributed by atoms with Crippen LogP contribution in [0.2, 0.25) is 0 Å². The summed E-state index contributed by atoms with van der Waals surface area (Å²) in [4.78, 5) is 0. The van der Waals surface area contributed by atoms with Gasteiger partial charge in [0.1, 0.15) is 5.75 Å². The predicted molar refractivity (Wildman–Crippen MR) is 141 cm³/mol. The molecule has 0 aromatic heterocycles. The zero-order valence-corrected chi connectivity index (χ0v) is 19.5. The van der Waals surface area contributed by atoms with Gasteiger partial charge in [-0.1, -0.05) is 149 Å². The monoisotopic (exact) mass is 426 g/mol. The predicted octanol–water partition coefficient (Wildman–Crippen LogP) is 9.10. The fourth-order valence-corrected chi connectivity index (χ4v) is 3.46. The number of hydrogen-bond donors (Lipinski definition) is 1. The van der Waals surface area contributed by atoms with Gasteiger partial charge in [-0.2, -0.15) is 0 Å². The minimum atomic E-state index is 0.452. The fourth-order valence-electron chi connectivity index (χ4n) is 3.46. The number of unbranched alkanes of at least 4 members (excludes halogenated alkanes) is 6. The van der Waals surface area contributed by atoms with Crippen molar-refractivity contribution in [3.63, 3.8) is 0 Å². The quantitative estimate of drug-likeness (QED) is 0.239. The van der Waals surface area contributed by atoms with Crippen molar-refractivity contribution in [2.75, 3.05) is 0 Å². The van der Waals surface area contributed by atoms with E-state index in [4.69, 9.17) is 0 Å². The Morgan fingerprint density at radius 3 is 1.56 bits per heavy atom. The summed E-state index contributed by atoms with van der Waals surface area (Å²) in [7, 11) is 0. The number of hydrogen-bond acceptors (Lipinski definition) is 1. The van der Waals surface area contributed by atoms with E-state index in [0.29, 0.717) is 5.75 Å². The molecule has 32 heavy (non-hydrogen) atoms. The van der Waals surface area contributed by atoms with Gasteiger partial charge in [0.25, 0.3) is 0 Å². The Bertz CT molecular complexity index is 847. The van der Waals surface area contributed by atoms with Gasteiger partial charge in [0.15, 0.2) is 0 Å². The SMILES string of the molecule is C(/C=C/c1ccccc1)=C\c1ccccc1.CCCCCCCCCc1ccccc1O. The van der Waals surface area contributed by atoms with Gasteiger partial charge in [0.2, 0.25) is 0 Å². The molecule has 0 atom stereocenters. The van der Waals surface area contributed by atoms with Crippen molar-refractivity contribution in [3.05, 3.63) is 114 Å². The van der Waals surface area contributed by atoms with E-state index in [2.05, 4.69) is 55.5 Å². The molecule has 0 spiro atoms. The van der Waals surface area contributed by atoms with Crippen molar-refractivity contribution in [2.24, 2.45) is 0 Å². The number of aromatic hydroxyl groups is 1. The van der Waals surface area contributed by atoms with E-state index in [9.17, 15) is 5.11 Å². The van der Waals surface area contributed by atoms with Crippen molar-refractivity contribution in [1.29, 1.82) is 0 Å². The van der Waals surface area contributed by atoms with Gasteiger partial charge < -0.3 is 5.11 Å². The van der Waals surface area contributed by atoms with Crippen LogP contribution in [0.5, 0.6) is 5.75 Å². The third-order valence-electron chi connectivity index (χ3n) is 5.33. The Labute approximate surface area is 195 Å². The largest absolute Gasteiger partial charge is 0.508 e. The van der Waals surface area contributed by atoms with Crippen molar-refractivity contribution in [3.8, 4) is 5.75 Å². The second-order valence-electron chi connectivity index (χ2n) is 8.04. The normalized spacial score (nSPS) is 10.9. The first-order valence-corrected chi connectivity index (χ1v) is 12.0. The number of phenolic OH excluding ortho intramolecular Hbond substituents is 1. The lowest BCUT2D eigenvalue weighted by Crippen LogP contribution is -1.87. The molecule has 168 valence electrons. The standard InChI is InChI=1S/C16H14.C15H24O/c1-3-9-15(10-4-1)13-7-8-14-16-11-5-2-6-12-16;1-2-3-4-5-6-7-8-11-14-12-9-10-13-15(14)16/h1-14H;9-10,12-13,16H,2-8,11H2,1H3/b13-7+,14-8+;. The van der Waals surface area contributed by atoms with Crippen molar-refractivity contribution in [1.82, 2.24) is 0 Å². The van der Waals surface area contributed by atoms with E-state index in [1.165, 1.54) is 56.1 Å². The topological polar surface area (TPSA) is 20.2 Å². The van der Waals surface area contributed by atoms with E-state index in [-0.39, 0.29) is 0 Å². The Kier molecular flexibility index (Phi) is 13.1. The molecule has 0 unspecified atom stereocenters. The first-order chi connectivity index (χ1) is 15.8. The van der Waals surface area contributed by atoms with Gasteiger partial charge in [-0.15, -0.1) is 0 Å². The number of phenols is 1. The molecule has 1 N–H and O–H groups in total. The number of aryl methyl sites for hydroxylation is 1. The molecule has 3 rings (SSSR count). The molecule has 1 heteroatoms. The van der Waals surface area contributed by atoms with Gasteiger partial charge >= 0.3 is 0 Å². The molecule has 0 saturated carbocycles. The van der Waals surface area contributed by atoms with Crippen LogP contribution in [0, 0.1) is 0 Å². The average Bonchev–Trinajstić information content (AvgIpc) is 2.84. The van der Waals surface area contributed by atoms with E-state index in [0.717, 1.165) is 12.0 Å². The van der Waals surface area contributed by atoms with Crippen LogP contribution in [-0.2, 0) is 6.42 Å². The zero-order chi connectivity index (χ0) is 22.7. The molecule has 0 bridgehead atoms. The summed E-state index contributed by atoms with van der Waals surface area (Å²) in [6.07, 6.45) is 18.6. The highest BCUT2D eigenvalue weighted by molar-refractivity contribution is 5.56. The van der Waals surface area contributed by atoms with Crippen molar-refractivity contribution < 1.29 is 5.11 Å². The minimum absolute atomic E-state index is 0.452. The van der Waals surface area contributed by atoms with Gasteiger partial charge in [0, 0.05) is 0 Å². The molecule has 0 radical (unpaired) electrons. The third-order valence-corrected chi connectivity index (χ3v) is 5.33. The summed E-state index contributed by atoms with van der Waals surface area (Å²) in [5.41, 5.74) is 3.54. The first kappa shape index (κ1) is 25.2. The second kappa shape index (κ2) is 16.6. The summed E-state index contributed by atoms with van der Waals surface area (Å²) < 4.78 is 0. The van der Waals surface area contributed by atoms with Crippen LogP contribution in [-0.4, -0.2) is 5.11 Å². The summed E-state index contributed by atoms with van der Waals surface area (Å²) in [5.74, 6) is 0.452. The van der Waals surface area contributed by atoms with Crippen LogP contribution in [0.1, 0.15) is 68.6 Å². The fraction of sp³-hybridized carbons (Fsp3) is 0.290. The molecule has 0 heterocycles. The Morgan fingerprint density at radius 2 is 1.03 bits per heavy atom. The van der Waals surface area contributed by atoms with Gasteiger partial charge in [-0.25, -0.2) is 0 Å². The Balaban J connectivity index is 0.000000227. The van der Waals surface area contributed by atoms with Gasteiger partial charge in [-0.3, -0.25) is 0 Å². The van der Waals surface area contributed by atoms with Crippen LogP contribution in [0.3, 0.4) is 0 Å². The zero-order valence-electron chi connectivity index (χ0n) is 19.5. The molecule has 0 fully saturated rings. The van der Waals surface area contributed by atoms with Crippen molar-refractivity contribution in [2.45, 2.75) is 58.3 Å². The molecule has 0 amide bonds. The van der Waals surface area contributed by atoms with Crippen LogP contribution in [0.4, 0.5) is 0 Å². The molecule has 0 aliphatic carbocycles. The molecule has 1 nitrogen and oxygen atoms in total. The van der Waals surface area contributed by atoms with E-state index >= 15 is 0 Å². The molecular weight excluding hydrogens is 388 g/mol. The summed E-state index contributed by atoms with van der Waals surface area (Å²) >= 11 is 0. The highest BCUT2D eigenvalue weighted by atomic mass is 16.3. The maximum atomic E-state index is 9.58. The second-order valence-corrected chi connectivity index (χ2v) is 8.04. The molecule has 3 aromatic rings. The molecule has 0 aliphatic rings. The van der Waals surface area contributed by atoms with Gasteiger partial charge in [0.05, 0.1) is 0 Å². The lowest BCUT2D eigenvalue weighted by molar-refractivity contribution is 0.466. The molecular formula is C31H38O. The Morgan fingerprint density at radius 1 is 0.562 bits per heavy atom. The third kappa shape index (κ3) is 11.4. The summed E-state index contributed by atoms with van der Waals surface area (Å²) in [6.45, 7) is 2.25.